The summed E-state index contributed by atoms with van der Waals surface area (Å²) < 4.78 is 5.35. The SMILES string of the molecule is CN1/C(=C\C=N/NC(=S)NCCN2CCOCC2)C(C)(C)c2ccccc21. The number of morpholine rings is 1. The van der Waals surface area contributed by atoms with E-state index in [1.54, 1.807) is 6.21 Å². The number of hydrogen-bond donors (Lipinski definition) is 2. The first kappa shape index (κ1) is 19.8. The molecule has 0 spiro atoms. The lowest BCUT2D eigenvalue weighted by molar-refractivity contribution is 0.0389. The van der Waals surface area contributed by atoms with E-state index < -0.39 is 0 Å². The molecule has 0 saturated carbocycles. The van der Waals surface area contributed by atoms with Crippen molar-refractivity contribution in [1.82, 2.24) is 15.6 Å². The number of ether oxygens (including phenoxy) is 1. The first-order valence-electron chi connectivity index (χ1n) is 9.41. The van der Waals surface area contributed by atoms with Crippen LogP contribution in [-0.2, 0) is 10.2 Å². The number of anilines is 1. The zero-order valence-corrected chi connectivity index (χ0v) is 17.2. The fourth-order valence-electron chi connectivity index (χ4n) is 3.70. The number of allylic oxidation sites excluding steroid dienone is 2. The van der Waals surface area contributed by atoms with Crippen molar-refractivity contribution in [2.45, 2.75) is 19.3 Å². The molecular weight excluding hydrogens is 358 g/mol. The van der Waals surface area contributed by atoms with Crippen LogP contribution in [0, 0.1) is 0 Å². The van der Waals surface area contributed by atoms with Crippen LogP contribution < -0.4 is 15.6 Å². The highest BCUT2D eigenvalue weighted by Crippen LogP contribution is 2.46. The smallest absolute Gasteiger partial charge is 0.187 e. The van der Waals surface area contributed by atoms with E-state index in [-0.39, 0.29) is 5.41 Å². The Morgan fingerprint density at radius 3 is 2.78 bits per heavy atom. The third kappa shape index (κ3) is 4.66. The number of nitrogens with one attached hydrogen (secondary N) is 2. The van der Waals surface area contributed by atoms with Crippen molar-refractivity contribution in [2.24, 2.45) is 5.10 Å². The average Bonchev–Trinajstić information content (AvgIpc) is 2.86. The Morgan fingerprint density at radius 2 is 2.04 bits per heavy atom. The van der Waals surface area contributed by atoms with Gasteiger partial charge in [-0.15, -0.1) is 0 Å². The summed E-state index contributed by atoms with van der Waals surface area (Å²) in [7, 11) is 2.10. The predicted molar refractivity (Wildman–Crippen MR) is 115 cm³/mol. The highest BCUT2D eigenvalue weighted by Gasteiger charge is 2.37. The number of nitrogens with zero attached hydrogens (tertiary/aromatic N) is 3. The maximum absolute atomic E-state index is 5.35. The topological polar surface area (TPSA) is 52.1 Å². The fraction of sp³-hybridized carbons (Fsp3) is 0.500. The highest BCUT2D eigenvalue weighted by atomic mass is 32.1. The summed E-state index contributed by atoms with van der Waals surface area (Å²) in [6, 6.07) is 8.51. The number of thiocarbonyl (C=S) groups is 1. The molecule has 2 N–H and O–H groups in total. The van der Waals surface area contributed by atoms with Crippen LogP contribution in [0.4, 0.5) is 5.69 Å². The van der Waals surface area contributed by atoms with E-state index in [2.05, 4.69) is 70.8 Å². The van der Waals surface area contributed by atoms with Crippen molar-refractivity contribution in [2.75, 3.05) is 51.3 Å². The van der Waals surface area contributed by atoms with Crippen molar-refractivity contribution in [3.05, 3.63) is 41.6 Å². The van der Waals surface area contributed by atoms with E-state index in [0.29, 0.717) is 5.11 Å². The third-order valence-corrected chi connectivity index (χ3v) is 5.47. The summed E-state index contributed by atoms with van der Waals surface area (Å²) in [5.74, 6) is 0. The van der Waals surface area contributed by atoms with E-state index in [9.17, 15) is 0 Å². The first-order chi connectivity index (χ1) is 13.0. The molecule has 1 fully saturated rings. The average molecular weight is 388 g/mol. The Hall–Kier alpha value is -1.96. The molecule has 2 aliphatic rings. The lowest BCUT2D eigenvalue weighted by atomic mass is 9.84. The van der Waals surface area contributed by atoms with Crippen LogP contribution in [0.3, 0.4) is 0 Å². The summed E-state index contributed by atoms with van der Waals surface area (Å²) in [5.41, 5.74) is 6.63. The number of hydrogen-bond acceptors (Lipinski definition) is 5. The Bertz CT molecular complexity index is 725. The molecule has 0 aromatic heterocycles. The maximum Gasteiger partial charge on any atom is 0.187 e. The molecule has 0 atom stereocenters. The van der Waals surface area contributed by atoms with Gasteiger partial charge in [0.15, 0.2) is 5.11 Å². The minimum Gasteiger partial charge on any atom is -0.379 e. The van der Waals surface area contributed by atoms with Gasteiger partial charge in [0.25, 0.3) is 0 Å². The van der Waals surface area contributed by atoms with Crippen molar-refractivity contribution in [3.8, 4) is 0 Å². The summed E-state index contributed by atoms with van der Waals surface area (Å²) >= 11 is 5.28. The number of fused-ring (bicyclic) bond motifs is 1. The van der Waals surface area contributed by atoms with E-state index in [1.165, 1.54) is 16.9 Å². The molecular formula is C20H29N5OS. The van der Waals surface area contributed by atoms with Crippen LogP contribution in [0.1, 0.15) is 19.4 Å². The molecule has 1 saturated heterocycles. The van der Waals surface area contributed by atoms with Crippen molar-refractivity contribution < 1.29 is 4.74 Å². The molecule has 6 nitrogen and oxygen atoms in total. The van der Waals surface area contributed by atoms with Gasteiger partial charge in [-0.2, -0.15) is 5.10 Å². The molecule has 1 aromatic rings. The molecule has 0 aliphatic carbocycles. The normalized spacial score (nSPS) is 20.9. The fourth-order valence-corrected chi connectivity index (χ4v) is 3.85. The van der Waals surface area contributed by atoms with Gasteiger partial charge in [0.2, 0.25) is 0 Å². The molecule has 0 radical (unpaired) electrons. The molecule has 0 bridgehead atoms. The molecule has 7 heteroatoms. The molecule has 2 aliphatic heterocycles. The summed E-state index contributed by atoms with van der Waals surface area (Å²) in [4.78, 5) is 4.59. The second-order valence-corrected chi connectivity index (χ2v) is 7.76. The number of para-hydroxylation sites is 1. The Labute approximate surface area is 167 Å². The standard InChI is InChI=1S/C20H29N5OS/c1-20(2)16-6-4-5-7-17(16)24(3)18(20)8-9-22-23-19(27)21-10-11-25-12-14-26-15-13-25/h4-9H,10-15H2,1-3H3,(H2,21,23,27)/b18-8-,22-9-. The van der Waals surface area contributed by atoms with Crippen LogP contribution in [0.5, 0.6) is 0 Å². The lowest BCUT2D eigenvalue weighted by Crippen LogP contribution is -2.42. The van der Waals surface area contributed by atoms with Gasteiger partial charge in [0.1, 0.15) is 0 Å². The van der Waals surface area contributed by atoms with E-state index in [0.717, 1.165) is 39.4 Å². The van der Waals surface area contributed by atoms with Gasteiger partial charge < -0.3 is 15.0 Å². The second kappa shape index (κ2) is 8.82. The maximum atomic E-state index is 5.35. The van der Waals surface area contributed by atoms with Crippen LogP contribution in [0.25, 0.3) is 0 Å². The van der Waals surface area contributed by atoms with Gasteiger partial charge in [-0.1, -0.05) is 32.0 Å². The van der Waals surface area contributed by atoms with Gasteiger partial charge in [0, 0.05) is 56.2 Å². The number of benzene rings is 1. The number of likely N-dealkylation sites (N-methyl/N-ethyl adjacent to an activating group) is 1. The van der Waals surface area contributed by atoms with E-state index in [4.69, 9.17) is 17.0 Å². The minimum absolute atomic E-state index is 0.0473. The van der Waals surface area contributed by atoms with Crippen molar-refractivity contribution in [1.29, 1.82) is 0 Å². The third-order valence-electron chi connectivity index (χ3n) is 5.23. The Balaban J connectivity index is 1.48. The van der Waals surface area contributed by atoms with Crippen LogP contribution in [-0.4, -0.2) is 62.7 Å². The highest BCUT2D eigenvalue weighted by molar-refractivity contribution is 7.80. The van der Waals surface area contributed by atoms with Gasteiger partial charge in [-0.05, 0) is 29.9 Å². The van der Waals surface area contributed by atoms with Crippen LogP contribution in [0.2, 0.25) is 0 Å². The molecule has 27 heavy (non-hydrogen) atoms. The van der Waals surface area contributed by atoms with E-state index in [1.807, 2.05) is 6.08 Å². The monoisotopic (exact) mass is 387 g/mol. The second-order valence-electron chi connectivity index (χ2n) is 7.35. The molecule has 3 rings (SSSR count). The zero-order valence-electron chi connectivity index (χ0n) is 16.4. The molecule has 0 amide bonds. The quantitative estimate of drug-likeness (QED) is 0.458. The molecule has 0 unspecified atom stereocenters. The van der Waals surface area contributed by atoms with Gasteiger partial charge in [-0.3, -0.25) is 10.3 Å². The van der Waals surface area contributed by atoms with E-state index >= 15 is 0 Å². The van der Waals surface area contributed by atoms with Crippen LogP contribution >= 0.6 is 12.2 Å². The minimum atomic E-state index is -0.0473. The largest absolute Gasteiger partial charge is 0.379 e. The van der Waals surface area contributed by atoms with Crippen molar-refractivity contribution in [3.63, 3.8) is 0 Å². The summed E-state index contributed by atoms with van der Waals surface area (Å²) in [6.07, 6.45) is 3.82. The van der Waals surface area contributed by atoms with Gasteiger partial charge >= 0.3 is 0 Å². The van der Waals surface area contributed by atoms with Crippen LogP contribution in [0.15, 0.2) is 41.1 Å². The Morgan fingerprint density at radius 1 is 1.30 bits per heavy atom. The lowest BCUT2D eigenvalue weighted by Gasteiger charge is -2.26. The zero-order chi connectivity index (χ0) is 19.3. The van der Waals surface area contributed by atoms with Gasteiger partial charge in [-0.25, -0.2) is 0 Å². The molecule has 1 aromatic carbocycles. The first-order valence-corrected chi connectivity index (χ1v) is 9.82. The Kier molecular flexibility index (Phi) is 6.46. The summed E-state index contributed by atoms with van der Waals surface area (Å²) in [6.45, 7) is 9.83. The summed E-state index contributed by atoms with van der Waals surface area (Å²) in [5, 5.41) is 7.98. The van der Waals surface area contributed by atoms with Gasteiger partial charge in [0.05, 0.1) is 13.2 Å². The number of hydrazone groups is 1. The van der Waals surface area contributed by atoms with Crippen molar-refractivity contribution >= 4 is 29.2 Å². The molecule has 2 heterocycles. The number of rotatable bonds is 5. The molecule has 146 valence electrons. The predicted octanol–water partition coefficient (Wildman–Crippen LogP) is 2.08.